The summed E-state index contributed by atoms with van der Waals surface area (Å²) in [4.78, 5) is 2.29. The monoisotopic (exact) mass is 136 g/mol. The molecule has 0 spiro atoms. The Balaban J connectivity index is 2.12. The van der Waals surface area contributed by atoms with Crippen molar-refractivity contribution in [3.8, 4) is 11.8 Å². The summed E-state index contributed by atoms with van der Waals surface area (Å²) in [5.74, 6) is 6.06. The van der Waals surface area contributed by atoms with Gasteiger partial charge in [0.15, 0.2) is 0 Å². The van der Waals surface area contributed by atoms with E-state index in [1.807, 2.05) is 6.54 Å². The molecule has 1 heteroatoms. The molecule has 1 saturated heterocycles. The van der Waals surface area contributed by atoms with Crippen molar-refractivity contribution in [1.29, 1.82) is 0 Å². The lowest BCUT2D eigenvalue weighted by molar-refractivity contribution is 0.437. The average Bonchev–Trinajstić information content (AvgIpc) is 2.41. The Kier molecular flexibility index (Phi) is 3.32. The van der Waals surface area contributed by atoms with Crippen LogP contribution in [0.3, 0.4) is 0 Å². The molecule has 1 fully saturated rings. The molecule has 0 atom stereocenters. The molecule has 0 N–H and O–H groups in total. The van der Waals surface area contributed by atoms with E-state index in [1.165, 1.54) is 25.9 Å². The van der Waals surface area contributed by atoms with Crippen LogP contribution >= 0.6 is 0 Å². The highest BCUT2D eigenvalue weighted by molar-refractivity contribution is 5.08. The third kappa shape index (κ3) is 2.41. The molecule has 1 rings (SSSR count). The lowest BCUT2D eigenvalue weighted by atomic mass is 10.4. The van der Waals surface area contributed by atoms with Gasteiger partial charge in [0.05, 0.1) is 6.54 Å². The molecule has 0 aromatic heterocycles. The molecule has 1 nitrogen and oxygen atoms in total. The molecule has 0 amide bonds. The van der Waals surface area contributed by atoms with Gasteiger partial charge in [-0.2, -0.15) is 0 Å². The van der Waals surface area contributed by atoms with Crippen LogP contribution in [-0.2, 0) is 0 Å². The normalized spacial score (nSPS) is 18.5. The molecular formula is C9H14N. The lowest BCUT2D eigenvalue weighted by Crippen LogP contribution is -2.14. The molecule has 0 unspecified atom stereocenters. The van der Waals surface area contributed by atoms with Gasteiger partial charge in [-0.3, -0.25) is 4.90 Å². The van der Waals surface area contributed by atoms with Crippen molar-refractivity contribution >= 4 is 0 Å². The fourth-order valence-corrected chi connectivity index (χ4v) is 1.11. The summed E-state index contributed by atoms with van der Waals surface area (Å²) < 4.78 is 0. The topological polar surface area (TPSA) is 3.24 Å². The maximum Gasteiger partial charge on any atom is 0.0986 e. The third-order valence-electron chi connectivity index (χ3n) is 1.67. The Morgan fingerprint density at radius 2 is 2.10 bits per heavy atom. The minimum atomic E-state index is 0.963. The van der Waals surface area contributed by atoms with E-state index < -0.39 is 0 Å². The van der Waals surface area contributed by atoms with E-state index in [9.17, 15) is 0 Å². The van der Waals surface area contributed by atoms with Crippen molar-refractivity contribution in [2.45, 2.75) is 26.2 Å². The van der Waals surface area contributed by atoms with Crippen LogP contribution in [0.25, 0.3) is 0 Å². The van der Waals surface area contributed by atoms with Gasteiger partial charge in [0.1, 0.15) is 0 Å². The van der Waals surface area contributed by atoms with Gasteiger partial charge in [0.2, 0.25) is 0 Å². The van der Waals surface area contributed by atoms with E-state index in [0.29, 0.717) is 0 Å². The Hall–Kier alpha value is -0.480. The smallest absolute Gasteiger partial charge is 0.0986 e. The van der Waals surface area contributed by atoms with Crippen LogP contribution in [0.1, 0.15) is 26.2 Å². The molecule has 10 heavy (non-hydrogen) atoms. The van der Waals surface area contributed by atoms with Gasteiger partial charge in [0.25, 0.3) is 0 Å². The minimum absolute atomic E-state index is 0.963. The summed E-state index contributed by atoms with van der Waals surface area (Å²) in [6.07, 6.45) is 3.64. The molecule has 0 saturated carbocycles. The predicted octanol–water partition coefficient (Wildman–Crippen LogP) is 1.66. The van der Waals surface area contributed by atoms with Crippen LogP contribution in [-0.4, -0.2) is 18.0 Å². The SMILES string of the molecule is CCC#C[CH]N1CCCC1. The standard InChI is InChI=1S/C9H14N/c1-2-3-4-7-10-8-5-6-9-10/h7H,2,5-6,8-9H2,1H3. The average molecular weight is 136 g/mol. The lowest BCUT2D eigenvalue weighted by Gasteiger charge is -2.07. The van der Waals surface area contributed by atoms with E-state index in [1.54, 1.807) is 0 Å². The van der Waals surface area contributed by atoms with Crippen molar-refractivity contribution in [2.75, 3.05) is 13.1 Å². The summed E-state index contributed by atoms with van der Waals surface area (Å²) in [5, 5.41) is 0. The van der Waals surface area contributed by atoms with Crippen molar-refractivity contribution in [3.05, 3.63) is 6.54 Å². The number of nitrogens with zero attached hydrogens (tertiary/aromatic N) is 1. The Labute approximate surface area is 63.4 Å². The molecule has 0 aliphatic carbocycles. The van der Waals surface area contributed by atoms with Gasteiger partial charge in [0, 0.05) is 6.42 Å². The molecule has 1 aliphatic heterocycles. The highest BCUT2D eigenvalue weighted by Crippen LogP contribution is 2.07. The Morgan fingerprint density at radius 3 is 2.70 bits per heavy atom. The second-order valence-corrected chi connectivity index (χ2v) is 2.55. The molecule has 0 aromatic carbocycles. The molecule has 0 bridgehead atoms. The Bertz CT molecular complexity index is 135. The summed E-state index contributed by atoms with van der Waals surface area (Å²) in [7, 11) is 0. The van der Waals surface area contributed by atoms with Gasteiger partial charge in [-0.05, 0) is 25.9 Å². The highest BCUT2D eigenvalue weighted by Gasteiger charge is 2.08. The van der Waals surface area contributed by atoms with Crippen molar-refractivity contribution < 1.29 is 0 Å². The van der Waals surface area contributed by atoms with Crippen molar-refractivity contribution in [1.82, 2.24) is 4.90 Å². The van der Waals surface area contributed by atoms with E-state index in [2.05, 4.69) is 23.7 Å². The molecule has 1 radical (unpaired) electrons. The molecule has 0 aromatic rings. The largest absolute Gasteiger partial charge is 0.288 e. The van der Waals surface area contributed by atoms with Crippen LogP contribution in [0.15, 0.2) is 0 Å². The maximum absolute atomic E-state index is 3.03. The highest BCUT2D eigenvalue weighted by atomic mass is 15.1. The van der Waals surface area contributed by atoms with Gasteiger partial charge in [-0.25, -0.2) is 0 Å². The van der Waals surface area contributed by atoms with Gasteiger partial charge in [-0.1, -0.05) is 12.8 Å². The van der Waals surface area contributed by atoms with E-state index in [4.69, 9.17) is 0 Å². The van der Waals surface area contributed by atoms with Crippen LogP contribution in [0, 0.1) is 18.4 Å². The number of likely N-dealkylation sites (tertiary alicyclic amines) is 1. The van der Waals surface area contributed by atoms with E-state index >= 15 is 0 Å². The number of hydrogen-bond acceptors (Lipinski definition) is 1. The molecular weight excluding hydrogens is 122 g/mol. The first-order valence-electron chi connectivity index (χ1n) is 3.99. The third-order valence-corrected chi connectivity index (χ3v) is 1.67. The quantitative estimate of drug-likeness (QED) is 0.495. The molecule has 1 aliphatic rings. The minimum Gasteiger partial charge on any atom is -0.288 e. The van der Waals surface area contributed by atoms with Crippen LogP contribution in [0.5, 0.6) is 0 Å². The summed E-state index contributed by atoms with van der Waals surface area (Å²) >= 11 is 0. The number of hydrogen-bond donors (Lipinski definition) is 0. The first-order chi connectivity index (χ1) is 4.93. The van der Waals surface area contributed by atoms with Crippen molar-refractivity contribution in [3.63, 3.8) is 0 Å². The van der Waals surface area contributed by atoms with Gasteiger partial charge in [-0.15, -0.1) is 5.92 Å². The Morgan fingerprint density at radius 1 is 1.40 bits per heavy atom. The first kappa shape index (κ1) is 7.63. The second kappa shape index (κ2) is 4.35. The van der Waals surface area contributed by atoms with E-state index in [0.717, 1.165) is 6.42 Å². The predicted molar refractivity (Wildman–Crippen MR) is 43.2 cm³/mol. The van der Waals surface area contributed by atoms with Crippen LogP contribution < -0.4 is 0 Å². The van der Waals surface area contributed by atoms with Crippen LogP contribution in [0.4, 0.5) is 0 Å². The van der Waals surface area contributed by atoms with E-state index in [-0.39, 0.29) is 0 Å². The zero-order valence-corrected chi connectivity index (χ0v) is 6.56. The first-order valence-corrected chi connectivity index (χ1v) is 3.99. The molecule has 55 valence electrons. The fraction of sp³-hybridized carbons (Fsp3) is 0.667. The fourth-order valence-electron chi connectivity index (χ4n) is 1.11. The maximum atomic E-state index is 3.03. The summed E-state index contributed by atoms with van der Waals surface area (Å²) in [5.41, 5.74) is 0. The van der Waals surface area contributed by atoms with Gasteiger partial charge < -0.3 is 0 Å². The second-order valence-electron chi connectivity index (χ2n) is 2.55. The number of rotatable bonds is 1. The zero-order chi connectivity index (χ0) is 7.23. The molecule has 1 heterocycles. The zero-order valence-electron chi connectivity index (χ0n) is 6.56. The van der Waals surface area contributed by atoms with Crippen LogP contribution in [0.2, 0.25) is 0 Å². The summed E-state index contributed by atoms with van der Waals surface area (Å²) in [6, 6.07) is 0. The summed E-state index contributed by atoms with van der Waals surface area (Å²) in [6.45, 7) is 6.51. The van der Waals surface area contributed by atoms with Crippen molar-refractivity contribution in [2.24, 2.45) is 0 Å². The van der Waals surface area contributed by atoms with Gasteiger partial charge >= 0.3 is 0 Å².